The van der Waals surface area contributed by atoms with Crippen molar-refractivity contribution in [2.24, 2.45) is 0 Å². The summed E-state index contributed by atoms with van der Waals surface area (Å²) in [6.45, 7) is 6.26. The molecule has 0 N–H and O–H groups in total. The summed E-state index contributed by atoms with van der Waals surface area (Å²) in [5, 5.41) is 5.30. The zero-order chi connectivity index (χ0) is 23.8. The Morgan fingerprint density at radius 2 is 1.73 bits per heavy atom. The smallest absolute Gasteiger partial charge is 0.410 e. The molecule has 1 saturated heterocycles. The molecule has 0 saturated carbocycles. The number of esters is 1. The van der Waals surface area contributed by atoms with Gasteiger partial charge in [-0.1, -0.05) is 6.07 Å². The number of methoxy groups -OCH3 is 1. The van der Waals surface area contributed by atoms with E-state index in [-0.39, 0.29) is 17.9 Å². The fourth-order valence-corrected chi connectivity index (χ4v) is 4.32. The number of hydrogen-bond acceptors (Lipinski definition) is 5. The molecule has 1 aliphatic heterocycles. The number of nitrogens with zero attached hydrogens (tertiary/aromatic N) is 3. The molecule has 7 nitrogen and oxygen atoms in total. The second-order valence-electron chi connectivity index (χ2n) is 9.35. The van der Waals surface area contributed by atoms with Gasteiger partial charge in [0.2, 0.25) is 0 Å². The van der Waals surface area contributed by atoms with Gasteiger partial charge in [-0.2, -0.15) is 5.10 Å². The Balaban J connectivity index is 1.63. The van der Waals surface area contributed by atoms with E-state index in [1.165, 1.54) is 19.2 Å². The van der Waals surface area contributed by atoms with Crippen LogP contribution in [0.15, 0.2) is 48.7 Å². The molecule has 174 valence electrons. The fraction of sp³-hybridized carbons (Fsp3) is 0.400. The molecule has 1 amide bonds. The second-order valence-corrected chi connectivity index (χ2v) is 9.35. The molecule has 2 aromatic carbocycles. The Morgan fingerprint density at radius 3 is 2.33 bits per heavy atom. The minimum atomic E-state index is -0.862. The Hall–Kier alpha value is -3.42. The number of piperidine rings is 1. The maximum absolute atomic E-state index is 13.3. The average Bonchev–Trinajstić information content (AvgIpc) is 3.21. The third-order valence-electron chi connectivity index (χ3n) is 6.04. The maximum Gasteiger partial charge on any atom is 0.410 e. The summed E-state index contributed by atoms with van der Waals surface area (Å²) in [7, 11) is 1.38. The Bertz CT molecular complexity index is 1170. The molecular formula is C25H28FN3O4. The Labute approximate surface area is 192 Å². The lowest BCUT2D eigenvalue weighted by Crippen LogP contribution is -2.50. The number of aromatic nitrogens is 2. The summed E-state index contributed by atoms with van der Waals surface area (Å²) < 4.78 is 25.7. The molecule has 1 aliphatic rings. The lowest BCUT2D eigenvalue weighted by Gasteiger charge is -2.40. The summed E-state index contributed by atoms with van der Waals surface area (Å²) >= 11 is 0. The van der Waals surface area contributed by atoms with E-state index in [1.54, 1.807) is 27.9 Å². The minimum absolute atomic E-state index is 0.310. The number of likely N-dealkylation sites (tertiary alicyclic amines) is 1. The molecular weight excluding hydrogens is 425 g/mol. The van der Waals surface area contributed by atoms with E-state index in [0.717, 1.165) is 22.2 Å². The molecule has 0 bridgehead atoms. The lowest BCUT2D eigenvalue weighted by atomic mass is 9.72. The summed E-state index contributed by atoms with van der Waals surface area (Å²) in [6, 6.07) is 11.9. The zero-order valence-corrected chi connectivity index (χ0v) is 19.3. The standard InChI is InChI=1S/C25H28FN3O4/c1-24(2,3)33-23(31)28-13-11-25(12-14-28,22(30)32-4)18-5-10-21-17(15-18)16-27-29(21)20-8-6-19(26)7-9-20/h5-10,15-16H,11-14H2,1-4H3. The number of ether oxygens (including phenoxy) is 2. The van der Waals surface area contributed by atoms with Gasteiger partial charge in [-0.25, -0.2) is 13.9 Å². The van der Waals surface area contributed by atoms with E-state index in [1.807, 2.05) is 39.0 Å². The molecule has 0 aliphatic carbocycles. The molecule has 0 radical (unpaired) electrons. The van der Waals surface area contributed by atoms with Crippen LogP contribution in [0.3, 0.4) is 0 Å². The molecule has 1 fully saturated rings. The number of amides is 1. The second kappa shape index (κ2) is 8.50. The molecule has 33 heavy (non-hydrogen) atoms. The molecule has 4 rings (SSSR count). The lowest BCUT2D eigenvalue weighted by molar-refractivity contribution is -0.149. The van der Waals surface area contributed by atoms with Gasteiger partial charge in [0.05, 0.1) is 29.9 Å². The van der Waals surface area contributed by atoms with Gasteiger partial charge in [-0.15, -0.1) is 0 Å². The van der Waals surface area contributed by atoms with Gasteiger partial charge < -0.3 is 14.4 Å². The van der Waals surface area contributed by atoms with Crippen molar-refractivity contribution >= 4 is 23.0 Å². The molecule has 3 aromatic rings. The first kappa shape index (κ1) is 22.8. The van der Waals surface area contributed by atoms with E-state index in [9.17, 15) is 14.0 Å². The van der Waals surface area contributed by atoms with Crippen molar-refractivity contribution in [3.63, 3.8) is 0 Å². The average molecular weight is 454 g/mol. The predicted octanol–water partition coefficient (Wildman–Crippen LogP) is 4.61. The van der Waals surface area contributed by atoms with Crippen LogP contribution in [0.4, 0.5) is 9.18 Å². The van der Waals surface area contributed by atoms with E-state index in [4.69, 9.17) is 9.47 Å². The number of carbonyl (C=O) groups is 2. The molecule has 1 aromatic heterocycles. The number of rotatable bonds is 3. The fourth-order valence-electron chi connectivity index (χ4n) is 4.32. The van der Waals surface area contributed by atoms with Crippen LogP contribution in [0.1, 0.15) is 39.2 Å². The third kappa shape index (κ3) is 4.42. The van der Waals surface area contributed by atoms with E-state index < -0.39 is 11.0 Å². The quantitative estimate of drug-likeness (QED) is 0.542. The van der Waals surface area contributed by atoms with Crippen molar-refractivity contribution in [2.75, 3.05) is 20.2 Å². The van der Waals surface area contributed by atoms with Crippen molar-refractivity contribution in [3.8, 4) is 5.69 Å². The van der Waals surface area contributed by atoms with Gasteiger partial charge >= 0.3 is 12.1 Å². The van der Waals surface area contributed by atoms with Crippen LogP contribution in [0.25, 0.3) is 16.6 Å². The molecule has 0 unspecified atom stereocenters. The van der Waals surface area contributed by atoms with Crippen LogP contribution in [0.5, 0.6) is 0 Å². The Kier molecular flexibility index (Phi) is 5.86. The van der Waals surface area contributed by atoms with Crippen LogP contribution in [0.2, 0.25) is 0 Å². The SMILES string of the molecule is COC(=O)C1(c2ccc3c(cnn3-c3ccc(F)cc3)c2)CCN(C(=O)OC(C)(C)C)CC1. The normalized spacial score (nSPS) is 16.0. The molecule has 8 heteroatoms. The monoisotopic (exact) mass is 453 g/mol. The number of benzene rings is 2. The van der Waals surface area contributed by atoms with Crippen LogP contribution in [-0.2, 0) is 19.7 Å². The maximum atomic E-state index is 13.3. The third-order valence-corrected chi connectivity index (χ3v) is 6.04. The van der Waals surface area contributed by atoms with E-state index >= 15 is 0 Å². The van der Waals surface area contributed by atoms with Crippen LogP contribution >= 0.6 is 0 Å². The molecule has 0 spiro atoms. The zero-order valence-electron chi connectivity index (χ0n) is 19.3. The topological polar surface area (TPSA) is 73.7 Å². The molecule has 0 atom stereocenters. The van der Waals surface area contributed by atoms with Gasteiger partial charge in [0.15, 0.2) is 0 Å². The summed E-state index contributed by atoms with van der Waals surface area (Å²) in [6.07, 6.45) is 2.20. The summed E-state index contributed by atoms with van der Waals surface area (Å²) in [5.41, 5.74) is 0.969. The van der Waals surface area contributed by atoms with Crippen molar-refractivity contribution < 1.29 is 23.5 Å². The predicted molar refractivity (Wildman–Crippen MR) is 122 cm³/mol. The number of fused-ring (bicyclic) bond motifs is 1. The highest BCUT2D eigenvalue weighted by Crippen LogP contribution is 2.38. The van der Waals surface area contributed by atoms with Crippen LogP contribution < -0.4 is 0 Å². The van der Waals surface area contributed by atoms with E-state index in [2.05, 4.69) is 5.10 Å². The highest BCUT2D eigenvalue weighted by atomic mass is 19.1. The highest BCUT2D eigenvalue weighted by Gasteiger charge is 2.45. The van der Waals surface area contributed by atoms with Crippen molar-refractivity contribution in [1.29, 1.82) is 0 Å². The van der Waals surface area contributed by atoms with E-state index in [0.29, 0.717) is 25.9 Å². The van der Waals surface area contributed by atoms with Gasteiger partial charge in [-0.3, -0.25) is 4.79 Å². The van der Waals surface area contributed by atoms with Crippen LogP contribution in [-0.4, -0.2) is 52.5 Å². The first-order valence-electron chi connectivity index (χ1n) is 10.9. The van der Waals surface area contributed by atoms with Crippen molar-refractivity contribution in [2.45, 2.75) is 44.6 Å². The van der Waals surface area contributed by atoms with Gasteiger partial charge in [0, 0.05) is 18.5 Å². The number of hydrogen-bond donors (Lipinski definition) is 0. The van der Waals surface area contributed by atoms with Gasteiger partial charge in [0.1, 0.15) is 11.4 Å². The van der Waals surface area contributed by atoms with Crippen LogP contribution in [0, 0.1) is 5.82 Å². The summed E-state index contributed by atoms with van der Waals surface area (Å²) in [4.78, 5) is 27.1. The number of carbonyl (C=O) groups excluding carboxylic acids is 2. The largest absolute Gasteiger partial charge is 0.468 e. The Morgan fingerprint density at radius 1 is 1.06 bits per heavy atom. The van der Waals surface area contributed by atoms with Gasteiger partial charge in [-0.05, 0) is 75.6 Å². The minimum Gasteiger partial charge on any atom is -0.468 e. The number of halogens is 1. The van der Waals surface area contributed by atoms with Crippen molar-refractivity contribution in [1.82, 2.24) is 14.7 Å². The van der Waals surface area contributed by atoms with Gasteiger partial charge in [0.25, 0.3) is 0 Å². The first-order chi connectivity index (χ1) is 15.6. The highest BCUT2D eigenvalue weighted by molar-refractivity contribution is 5.87. The van der Waals surface area contributed by atoms with Crippen molar-refractivity contribution in [3.05, 3.63) is 60.0 Å². The first-order valence-corrected chi connectivity index (χ1v) is 10.9. The summed E-state index contributed by atoms with van der Waals surface area (Å²) in [5.74, 6) is -0.633. The molecule has 2 heterocycles.